The maximum absolute atomic E-state index is 12.7. The fraction of sp³-hybridized carbons (Fsp3) is 0.421. The van der Waals surface area contributed by atoms with Gasteiger partial charge in [0.15, 0.2) is 0 Å². The van der Waals surface area contributed by atoms with E-state index in [4.69, 9.17) is 0 Å². The quantitative estimate of drug-likeness (QED) is 0.605. The van der Waals surface area contributed by atoms with E-state index in [0.29, 0.717) is 5.69 Å². The molecule has 0 unspecified atom stereocenters. The molecule has 2 aromatic rings. The number of hydrogen-bond acceptors (Lipinski definition) is 4. The molecule has 7 nitrogen and oxygen atoms in total. The summed E-state index contributed by atoms with van der Waals surface area (Å²) in [5.74, 6) is 0.0589. The van der Waals surface area contributed by atoms with Crippen molar-refractivity contribution in [1.29, 1.82) is 0 Å². The first-order valence-electron chi connectivity index (χ1n) is 8.88. The molecule has 0 radical (unpaired) electrons. The van der Waals surface area contributed by atoms with Crippen LogP contribution in [0, 0.1) is 10.1 Å². The summed E-state index contributed by atoms with van der Waals surface area (Å²) in [5, 5.41) is 10.9. The Morgan fingerprint density at radius 1 is 1.15 bits per heavy atom. The number of aryl methyl sites for hydroxylation is 1. The third-order valence-electron chi connectivity index (χ3n) is 4.74. The smallest absolute Gasteiger partial charge is 0.270 e. The lowest BCUT2D eigenvalue weighted by atomic mass is 10.2. The zero-order chi connectivity index (χ0) is 18.8. The fourth-order valence-corrected chi connectivity index (χ4v) is 3.45. The van der Waals surface area contributed by atoms with Crippen molar-refractivity contribution < 1.29 is 9.72 Å². The summed E-state index contributed by atoms with van der Waals surface area (Å²) in [4.78, 5) is 27.2. The molecule has 0 bridgehead atoms. The van der Waals surface area contributed by atoms with Crippen LogP contribution in [0.25, 0.3) is 0 Å². The highest BCUT2D eigenvalue weighted by Crippen LogP contribution is 2.31. The van der Waals surface area contributed by atoms with Gasteiger partial charge in [0.25, 0.3) is 11.6 Å². The number of rotatable bonds is 5. The molecule has 1 aliphatic heterocycles. The van der Waals surface area contributed by atoms with Gasteiger partial charge < -0.3 is 14.4 Å². The van der Waals surface area contributed by atoms with Crippen molar-refractivity contribution in [3.63, 3.8) is 0 Å². The number of non-ortho nitro benzene ring substituents is 1. The van der Waals surface area contributed by atoms with Crippen LogP contribution in [0.1, 0.15) is 37.2 Å². The van der Waals surface area contributed by atoms with Gasteiger partial charge in [0.05, 0.1) is 10.6 Å². The molecule has 3 rings (SSSR count). The van der Waals surface area contributed by atoms with E-state index in [-0.39, 0.29) is 17.6 Å². The van der Waals surface area contributed by atoms with E-state index >= 15 is 0 Å². The number of anilines is 2. The molecule has 1 aliphatic rings. The number of hydrogen-bond donors (Lipinski definition) is 0. The minimum absolute atomic E-state index is 0.0589. The second-order valence-corrected chi connectivity index (χ2v) is 6.93. The van der Waals surface area contributed by atoms with Crippen molar-refractivity contribution in [2.75, 3.05) is 18.0 Å². The summed E-state index contributed by atoms with van der Waals surface area (Å²) >= 11 is 0. The first kappa shape index (κ1) is 18.0. The Morgan fingerprint density at radius 3 is 2.31 bits per heavy atom. The number of nitrogens with zero attached hydrogens (tertiary/aromatic N) is 4. The molecule has 0 N–H and O–H groups in total. The highest BCUT2D eigenvalue weighted by Gasteiger charge is 2.24. The van der Waals surface area contributed by atoms with E-state index in [9.17, 15) is 14.9 Å². The molecule has 2 heterocycles. The normalized spacial score (nSPS) is 14.1. The van der Waals surface area contributed by atoms with Gasteiger partial charge in [-0.1, -0.05) is 0 Å². The highest BCUT2D eigenvalue weighted by atomic mass is 16.6. The number of carbonyl (C=O) groups is 1. The average Bonchev–Trinajstić information content (AvgIpc) is 3.25. The van der Waals surface area contributed by atoms with Crippen LogP contribution >= 0.6 is 0 Å². The Hall–Kier alpha value is -2.83. The van der Waals surface area contributed by atoms with Crippen molar-refractivity contribution in [2.45, 2.75) is 32.7 Å². The minimum atomic E-state index is -0.404. The highest BCUT2D eigenvalue weighted by molar-refractivity contribution is 5.94. The SMILES string of the molecule is CC(C)N(c1ccc([N+](=O)[O-])cc1)c1cc(C(=O)N2CCCC2)n(C)c1. The van der Waals surface area contributed by atoms with Crippen molar-refractivity contribution in [1.82, 2.24) is 9.47 Å². The maximum Gasteiger partial charge on any atom is 0.270 e. The second kappa shape index (κ2) is 7.19. The lowest BCUT2D eigenvalue weighted by Gasteiger charge is -2.27. The summed E-state index contributed by atoms with van der Waals surface area (Å²) in [6.45, 7) is 5.73. The molecule has 1 amide bonds. The summed E-state index contributed by atoms with van der Waals surface area (Å²) in [5.41, 5.74) is 2.49. The molecule has 0 atom stereocenters. The molecular formula is C19H24N4O3. The van der Waals surface area contributed by atoms with E-state index < -0.39 is 4.92 Å². The van der Waals surface area contributed by atoms with Crippen LogP contribution < -0.4 is 4.90 Å². The number of nitro benzene ring substituents is 1. The lowest BCUT2D eigenvalue weighted by molar-refractivity contribution is -0.384. The molecule has 26 heavy (non-hydrogen) atoms. The zero-order valence-electron chi connectivity index (χ0n) is 15.4. The molecule has 0 saturated carbocycles. The van der Waals surface area contributed by atoms with Crippen LogP contribution in [0.2, 0.25) is 0 Å². The Bertz CT molecular complexity index is 805. The lowest BCUT2D eigenvalue weighted by Crippen LogP contribution is -2.29. The molecule has 0 aliphatic carbocycles. The van der Waals surface area contributed by atoms with Gasteiger partial charge in [0.1, 0.15) is 5.69 Å². The zero-order valence-corrected chi connectivity index (χ0v) is 15.4. The molecule has 1 aromatic heterocycles. The van der Waals surface area contributed by atoms with E-state index in [1.807, 2.05) is 28.8 Å². The molecular weight excluding hydrogens is 332 g/mol. The summed E-state index contributed by atoms with van der Waals surface area (Å²) in [6.07, 6.45) is 4.05. The Morgan fingerprint density at radius 2 is 1.77 bits per heavy atom. The van der Waals surface area contributed by atoms with Crippen LogP contribution in [0.3, 0.4) is 0 Å². The second-order valence-electron chi connectivity index (χ2n) is 6.93. The topological polar surface area (TPSA) is 71.6 Å². The molecule has 1 fully saturated rings. The molecule has 1 aromatic carbocycles. The van der Waals surface area contributed by atoms with E-state index in [1.54, 1.807) is 12.1 Å². The number of nitro groups is 1. The van der Waals surface area contributed by atoms with E-state index in [2.05, 4.69) is 18.7 Å². The van der Waals surface area contributed by atoms with Crippen molar-refractivity contribution in [3.8, 4) is 0 Å². The molecule has 138 valence electrons. The Kier molecular flexibility index (Phi) is 4.97. The standard InChI is InChI=1S/C19H24N4O3/c1-14(2)22(15-6-8-16(9-7-15)23(25)26)17-12-18(20(3)13-17)19(24)21-10-4-5-11-21/h6-9,12-14H,4-5,10-11H2,1-3H3. The number of benzene rings is 1. The van der Waals surface area contributed by atoms with Gasteiger partial charge >= 0.3 is 0 Å². The fourth-order valence-electron chi connectivity index (χ4n) is 3.45. The van der Waals surface area contributed by atoms with Gasteiger partial charge in [-0.25, -0.2) is 0 Å². The van der Waals surface area contributed by atoms with Gasteiger partial charge in [0, 0.05) is 50.2 Å². The van der Waals surface area contributed by atoms with E-state index in [1.165, 1.54) is 12.1 Å². The summed E-state index contributed by atoms with van der Waals surface area (Å²) < 4.78 is 1.86. The average molecular weight is 356 g/mol. The van der Waals surface area contributed by atoms with Crippen LogP contribution in [0.15, 0.2) is 36.5 Å². The number of likely N-dealkylation sites (tertiary alicyclic amines) is 1. The third-order valence-corrected chi connectivity index (χ3v) is 4.74. The van der Waals surface area contributed by atoms with Crippen molar-refractivity contribution in [2.24, 2.45) is 7.05 Å². The van der Waals surface area contributed by atoms with Crippen molar-refractivity contribution >= 4 is 23.0 Å². The van der Waals surface area contributed by atoms with Crippen molar-refractivity contribution in [3.05, 3.63) is 52.3 Å². The number of carbonyl (C=O) groups excluding carboxylic acids is 1. The minimum Gasteiger partial charge on any atom is -0.344 e. The van der Waals surface area contributed by atoms with Gasteiger partial charge in [-0.05, 0) is 44.9 Å². The first-order chi connectivity index (χ1) is 12.4. The molecule has 1 saturated heterocycles. The van der Waals surface area contributed by atoms with Gasteiger partial charge in [-0.3, -0.25) is 14.9 Å². The van der Waals surface area contributed by atoms with Gasteiger partial charge in [0.2, 0.25) is 0 Å². The van der Waals surface area contributed by atoms with Crippen LogP contribution in [0.4, 0.5) is 17.1 Å². The predicted molar refractivity (Wildman–Crippen MR) is 101 cm³/mol. The molecule has 0 spiro atoms. The van der Waals surface area contributed by atoms with E-state index in [0.717, 1.165) is 37.3 Å². The largest absolute Gasteiger partial charge is 0.344 e. The Balaban J connectivity index is 1.92. The number of amides is 1. The van der Waals surface area contributed by atoms with Crippen LogP contribution in [-0.4, -0.2) is 39.4 Å². The van der Waals surface area contributed by atoms with Gasteiger partial charge in [-0.2, -0.15) is 0 Å². The molecule has 7 heteroatoms. The summed E-state index contributed by atoms with van der Waals surface area (Å²) in [6, 6.07) is 8.53. The Labute approximate surface area is 153 Å². The van der Waals surface area contributed by atoms with Crippen LogP contribution in [0.5, 0.6) is 0 Å². The van der Waals surface area contributed by atoms with Crippen LogP contribution in [-0.2, 0) is 7.05 Å². The monoisotopic (exact) mass is 356 g/mol. The first-order valence-corrected chi connectivity index (χ1v) is 8.88. The third kappa shape index (κ3) is 3.42. The number of aromatic nitrogens is 1. The maximum atomic E-state index is 12.7. The summed E-state index contributed by atoms with van der Waals surface area (Å²) in [7, 11) is 1.88. The van der Waals surface area contributed by atoms with Gasteiger partial charge in [-0.15, -0.1) is 0 Å². The predicted octanol–water partition coefficient (Wildman–Crippen LogP) is 3.72.